The maximum absolute atomic E-state index is 12.9. The highest BCUT2D eigenvalue weighted by Crippen LogP contribution is 2.18. The zero-order chi connectivity index (χ0) is 59.2. The highest BCUT2D eigenvalue weighted by atomic mass is 16.6. The molecule has 0 heterocycles. The number of carbonyl (C=O) groups is 3. The summed E-state index contributed by atoms with van der Waals surface area (Å²) < 4.78 is 17.0. The van der Waals surface area contributed by atoms with Crippen molar-refractivity contribution in [3.8, 4) is 0 Å². The third-order valence-electron chi connectivity index (χ3n) is 15.9. The predicted octanol–water partition coefficient (Wildman–Crippen LogP) is 24.8. The molecule has 0 rings (SSSR count). The van der Waals surface area contributed by atoms with Gasteiger partial charge in [0.1, 0.15) is 13.2 Å². The lowest BCUT2D eigenvalue weighted by Gasteiger charge is -2.18. The smallest absolute Gasteiger partial charge is 0.306 e. The molecule has 0 aliphatic rings. The van der Waals surface area contributed by atoms with E-state index in [2.05, 4.69) is 93.7 Å². The van der Waals surface area contributed by atoms with Crippen LogP contribution in [0.4, 0.5) is 0 Å². The van der Waals surface area contributed by atoms with Gasteiger partial charge >= 0.3 is 17.9 Å². The molecule has 0 aliphatic heterocycles. The minimum atomic E-state index is -0.785. The van der Waals surface area contributed by atoms with Gasteiger partial charge < -0.3 is 14.2 Å². The van der Waals surface area contributed by atoms with Crippen molar-refractivity contribution in [3.63, 3.8) is 0 Å². The molecule has 0 aromatic heterocycles. The Hall–Kier alpha value is -3.15. The van der Waals surface area contributed by atoms with Crippen LogP contribution in [0.25, 0.3) is 0 Å². The number of hydrogen-bond donors (Lipinski definition) is 0. The van der Waals surface area contributed by atoms with Gasteiger partial charge in [0.25, 0.3) is 0 Å². The molecule has 0 aliphatic carbocycles. The van der Waals surface area contributed by atoms with Gasteiger partial charge in [-0.25, -0.2) is 0 Å². The first-order valence-corrected chi connectivity index (χ1v) is 35.9. The molecule has 0 bridgehead atoms. The number of esters is 3. The first-order valence-electron chi connectivity index (χ1n) is 35.9. The maximum Gasteiger partial charge on any atom is 0.306 e. The zero-order valence-corrected chi connectivity index (χ0v) is 54.8. The molecule has 0 aromatic carbocycles. The summed E-state index contributed by atoms with van der Waals surface area (Å²) in [4.78, 5) is 38.4. The molecule has 0 radical (unpaired) electrons. The molecule has 6 nitrogen and oxygen atoms in total. The van der Waals surface area contributed by atoms with Gasteiger partial charge in [-0.05, 0) is 109 Å². The first-order chi connectivity index (χ1) is 40.5. The molecule has 82 heavy (non-hydrogen) atoms. The van der Waals surface area contributed by atoms with Gasteiger partial charge in [0.15, 0.2) is 6.10 Å². The minimum absolute atomic E-state index is 0.0797. The van der Waals surface area contributed by atoms with Gasteiger partial charge in [0.2, 0.25) is 0 Å². The Morgan fingerprint density at radius 3 is 0.732 bits per heavy atom. The van der Waals surface area contributed by atoms with Crippen molar-refractivity contribution in [2.45, 2.75) is 380 Å². The molecule has 0 aromatic rings. The van der Waals surface area contributed by atoms with E-state index in [9.17, 15) is 14.4 Å². The lowest BCUT2D eigenvalue weighted by Crippen LogP contribution is -2.30. The van der Waals surface area contributed by atoms with Gasteiger partial charge in [-0.3, -0.25) is 14.4 Å². The van der Waals surface area contributed by atoms with E-state index in [-0.39, 0.29) is 31.1 Å². The second-order valence-electron chi connectivity index (χ2n) is 24.1. The third-order valence-corrected chi connectivity index (χ3v) is 15.9. The van der Waals surface area contributed by atoms with Crippen LogP contribution in [-0.2, 0) is 28.6 Å². The third kappa shape index (κ3) is 67.6. The highest BCUT2D eigenvalue weighted by molar-refractivity contribution is 5.71. The average Bonchev–Trinajstić information content (AvgIpc) is 3.48. The van der Waals surface area contributed by atoms with Crippen molar-refractivity contribution in [3.05, 3.63) is 72.9 Å². The van der Waals surface area contributed by atoms with Crippen molar-refractivity contribution in [2.75, 3.05) is 13.2 Å². The van der Waals surface area contributed by atoms with Crippen molar-refractivity contribution in [1.82, 2.24) is 0 Å². The molecule has 0 saturated carbocycles. The minimum Gasteiger partial charge on any atom is -0.462 e. The molecule has 0 spiro atoms. The standard InChI is InChI=1S/C76H136O6/c1-4-7-10-13-16-19-22-25-28-30-31-32-33-34-35-36-37-38-39-40-41-42-43-44-45-47-48-51-54-57-60-63-66-69-75(78)81-72-73(71-80-74(77)68-65-62-59-56-53-50-27-24-21-18-15-12-9-6-3)82-76(79)70-67-64-61-58-55-52-49-46-29-26-23-20-17-14-11-8-5-2/h15,17-18,20,22,24-27,29-31,73H,4-14,16,19,21,23,28,32-72H2,1-3H3/b18-15-,20-17-,25-22-,27-24-,29-26-,31-30-. The van der Waals surface area contributed by atoms with Gasteiger partial charge in [-0.15, -0.1) is 0 Å². The molecular weight excluding hydrogens is 1010 g/mol. The van der Waals surface area contributed by atoms with E-state index < -0.39 is 6.10 Å². The first kappa shape index (κ1) is 78.8. The fourth-order valence-corrected chi connectivity index (χ4v) is 10.5. The molecule has 0 N–H and O–H groups in total. The predicted molar refractivity (Wildman–Crippen MR) is 358 cm³/mol. The molecule has 6 heteroatoms. The number of rotatable bonds is 66. The van der Waals surface area contributed by atoms with Gasteiger partial charge in [0, 0.05) is 19.3 Å². The van der Waals surface area contributed by atoms with E-state index in [0.29, 0.717) is 19.3 Å². The molecule has 1 unspecified atom stereocenters. The molecule has 0 fully saturated rings. The largest absolute Gasteiger partial charge is 0.462 e. The number of hydrogen-bond acceptors (Lipinski definition) is 6. The van der Waals surface area contributed by atoms with E-state index in [0.717, 1.165) is 96.3 Å². The lowest BCUT2D eigenvalue weighted by atomic mass is 10.0. The maximum atomic E-state index is 12.9. The van der Waals surface area contributed by atoms with E-state index in [4.69, 9.17) is 14.2 Å². The Bertz CT molecular complexity index is 1500. The number of unbranched alkanes of at least 4 members (excludes halogenated alkanes) is 43. The molecule has 476 valence electrons. The summed E-state index contributed by atoms with van der Waals surface area (Å²) in [6.07, 6.45) is 92.3. The monoisotopic (exact) mass is 1150 g/mol. The van der Waals surface area contributed by atoms with Crippen LogP contribution < -0.4 is 0 Å². The van der Waals surface area contributed by atoms with Crippen LogP contribution in [0.1, 0.15) is 374 Å². The summed E-state index contributed by atoms with van der Waals surface area (Å²) in [6.45, 7) is 6.59. The van der Waals surface area contributed by atoms with Crippen LogP contribution >= 0.6 is 0 Å². The van der Waals surface area contributed by atoms with E-state index in [1.165, 1.54) is 238 Å². The fraction of sp³-hybridized carbons (Fsp3) is 0.803. The van der Waals surface area contributed by atoms with E-state index in [1.807, 2.05) is 0 Å². The van der Waals surface area contributed by atoms with Crippen LogP contribution in [0, 0.1) is 0 Å². The van der Waals surface area contributed by atoms with Gasteiger partial charge in [0.05, 0.1) is 0 Å². The zero-order valence-electron chi connectivity index (χ0n) is 54.8. The topological polar surface area (TPSA) is 78.9 Å². The van der Waals surface area contributed by atoms with Gasteiger partial charge in [-0.2, -0.15) is 0 Å². The van der Waals surface area contributed by atoms with Crippen LogP contribution in [0.15, 0.2) is 72.9 Å². The summed E-state index contributed by atoms with van der Waals surface area (Å²) in [5.41, 5.74) is 0. The van der Waals surface area contributed by atoms with Crippen LogP contribution in [-0.4, -0.2) is 37.2 Å². The summed E-state index contributed by atoms with van der Waals surface area (Å²) in [6, 6.07) is 0. The molecule has 1 atom stereocenters. The summed E-state index contributed by atoms with van der Waals surface area (Å²) in [5.74, 6) is -0.883. The van der Waals surface area contributed by atoms with Crippen LogP contribution in [0.2, 0.25) is 0 Å². The van der Waals surface area contributed by atoms with Crippen molar-refractivity contribution < 1.29 is 28.6 Å². The van der Waals surface area contributed by atoms with Crippen molar-refractivity contribution in [1.29, 1.82) is 0 Å². The van der Waals surface area contributed by atoms with E-state index >= 15 is 0 Å². The quantitative estimate of drug-likeness (QED) is 0.0261. The normalized spacial score (nSPS) is 12.5. The van der Waals surface area contributed by atoms with Crippen LogP contribution in [0.5, 0.6) is 0 Å². The van der Waals surface area contributed by atoms with Crippen molar-refractivity contribution in [2.24, 2.45) is 0 Å². The molecule has 0 amide bonds. The fourth-order valence-electron chi connectivity index (χ4n) is 10.5. The summed E-state index contributed by atoms with van der Waals surface area (Å²) in [7, 11) is 0. The average molecular weight is 1150 g/mol. The molecule has 0 saturated heterocycles. The Kier molecular flexibility index (Phi) is 67.6. The van der Waals surface area contributed by atoms with Crippen LogP contribution in [0.3, 0.4) is 0 Å². The van der Waals surface area contributed by atoms with Gasteiger partial charge in [-0.1, -0.05) is 318 Å². The summed E-state index contributed by atoms with van der Waals surface area (Å²) >= 11 is 0. The highest BCUT2D eigenvalue weighted by Gasteiger charge is 2.19. The number of carbonyl (C=O) groups excluding carboxylic acids is 3. The second-order valence-corrected chi connectivity index (χ2v) is 24.1. The van der Waals surface area contributed by atoms with Crippen molar-refractivity contribution >= 4 is 17.9 Å². The number of allylic oxidation sites excluding steroid dienone is 12. The Balaban J connectivity index is 4.16. The SMILES string of the molecule is CCCC/C=C\C/C=C\CCCCCCCC(=O)OCC(COC(=O)CCCCCCCCCCCCCCCCCCCCCCC/C=C\C/C=C\CCCCCCC)OC(=O)CCCCCCCCC/C=C\C/C=C\CCCCC. The number of ether oxygens (including phenoxy) is 3. The second kappa shape index (κ2) is 70.3. The Morgan fingerprint density at radius 2 is 0.451 bits per heavy atom. The summed E-state index contributed by atoms with van der Waals surface area (Å²) in [5, 5.41) is 0. The Morgan fingerprint density at radius 1 is 0.244 bits per heavy atom. The van der Waals surface area contributed by atoms with E-state index in [1.54, 1.807) is 0 Å². The lowest BCUT2D eigenvalue weighted by molar-refractivity contribution is -0.167. The Labute approximate surface area is 510 Å². The molecular formula is C76H136O6.